The molecule has 0 aromatic carbocycles. The van der Waals surface area contributed by atoms with E-state index >= 15 is 0 Å². The lowest BCUT2D eigenvalue weighted by atomic mass is 9.87. The van der Waals surface area contributed by atoms with E-state index in [0.717, 1.165) is 5.56 Å². The Hall–Kier alpha value is -2.47. The van der Waals surface area contributed by atoms with Crippen molar-refractivity contribution in [2.45, 2.75) is 31.9 Å². The number of aromatic nitrogens is 2. The van der Waals surface area contributed by atoms with E-state index in [1.54, 1.807) is 29.4 Å². The minimum atomic E-state index is -0.992. The highest BCUT2D eigenvalue weighted by molar-refractivity contribution is 5.76. The summed E-state index contributed by atoms with van der Waals surface area (Å²) >= 11 is 0. The monoisotopic (exact) mass is 327 g/mol. The molecule has 6 nitrogen and oxygen atoms in total. The lowest BCUT2D eigenvalue weighted by Crippen LogP contribution is -2.47. The number of rotatable bonds is 3. The van der Waals surface area contributed by atoms with Gasteiger partial charge in [0.15, 0.2) is 0 Å². The Morgan fingerprint density at radius 2 is 2.00 bits per heavy atom. The maximum absolute atomic E-state index is 12.4. The van der Waals surface area contributed by atoms with Crippen LogP contribution in [0.25, 0.3) is 0 Å². The Balaban J connectivity index is 1.64. The number of aliphatic hydroxyl groups is 1. The zero-order valence-electron chi connectivity index (χ0n) is 13.7. The second-order valence-electron chi connectivity index (χ2n) is 6.30. The van der Waals surface area contributed by atoms with Gasteiger partial charge >= 0.3 is 0 Å². The molecule has 1 aliphatic rings. The third-order valence-electron chi connectivity index (χ3n) is 4.54. The number of amides is 1. The zero-order valence-corrected chi connectivity index (χ0v) is 13.7. The Kier molecular flexibility index (Phi) is 4.49. The van der Waals surface area contributed by atoms with Crippen LogP contribution in [0.4, 0.5) is 0 Å². The predicted molar refractivity (Wildman–Crippen MR) is 89.4 cm³/mol. The maximum Gasteiger partial charge on any atom is 0.250 e. The Morgan fingerprint density at radius 3 is 2.62 bits per heavy atom. The molecule has 6 heteroatoms. The number of hydrogen-bond acceptors (Lipinski definition) is 4. The Morgan fingerprint density at radius 1 is 1.25 bits per heavy atom. The van der Waals surface area contributed by atoms with Gasteiger partial charge in [-0.15, -0.1) is 0 Å². The molecule has 0 spiro atoms. The van der Waals surface area contributed by atoms with Crippen LogP contribution >= 0.6 is 0 Å². The van der Waals surface area contributed by atoms with Gasteiger partial charge in [0.05, 0.1) is 5.69 Å². The van der Waals surface area contributed by atoms with Gasteiger partial charge in [0.25, 0.3) is 5.56 Å². The summed E-state index contributed by atoms with van der Waals surface area (Å²) in [6, 6.07) is 8.59. The van der Waals surface area contributed by atoms with Crippen LogP contribution in [0.1, 0.15) is 24.1 Å². The summed E-state index contributed by atoms with van der Waals surface area (Å²) in [6.07, 6.45) is 4.24. The summed E-state index contributed by atoms with van der Waals surface area (Å²) in [5.41, 5.74) is 0.514. The minimum absolute atomic E-state index is 0.0287. The average Bonchev–Trinajstić information content (AvgIpc) is 2.58. The number of likely N-dealkylation sites (tertiary alicyclic amines) is 1. The third-order valence-corrected chi connectivity index (χ3v) is 4.54. The first kappa shape index (κ1) is 16.4. The molecular weight excluding hydrogens is 306 g/mol. The van der Waals surface area contributed by atoms with Crippen molar-refractivity contribution >= 4 is 5.91 Å². The average molecular weight is 327 g/mol. The molecule has 0 aliphatic carbocycles. The van der Waals surface area contributed by atoms with Gasteiger partial charge in [-0.3, -0.25) is 14.6 Å². The summed E-state index contributed by atoms with van der Waals surface area (Å²) < 4.78 is 1.39. The molecule has 1 N–H and O–H groups in total. The van der Waals surface area contributed by atoms with Crippen molar-refractivity contribution in [2.24, 2.45) is 0 Å². The van der Waals surface area contributed by atoms with Crippen molar-refractivity contribution in [3.8, 4) is 0 Å². The van der Waals surface area contributed by atoms with Gasteiger partial charge in [0, 0.05) is 31.5 Å². The quantitative estimate of drug-likeness (QED) is 0.915. The third kappa shape index (κ3) is 3.38. The first-order valence-electron chi connectivity index (χ1n) is 8.07. The maximum atomic E-state index is 12.4. The number of aryl methyl sites for hydroxylation is 1. The van der Waals surface area contributed by atoms with Crippen molar-refractivity contribution in [1.29, 1.82) is 0 Å². The number of nitrogens with zero attached hydrogens (tertiary/aromatic N) is 3. The van der Waals surface area contributed by atoms with Gasteiger partial charge in [-0.1, -0.05) is 12.1 Å². The van der Waals surface area contributed by atoms with E-state index in [-0.39, 0.29) is 18.0 Å². The summed E-state index contributed by atoms with van der Waals surface area (Å²) in [7, 11) is 0. The largest absolute Gasteiger partial charge is 0.383 e. The van der Waals surface area contributed by atoms with Crippen molar-refractivity contribution in [2.75, 3.05) is 13.1 Å². The lowest BCUT2D eigenvalue weighted by Gasteiger charge is -2.37. The van der Waals surface area contributed by atoms with Gasteiger partial charge in [0.1, 0.15) is 12.1 Å². The van der Waals surface area contributed by atoms with Crippen LogP contribution in [0, 0.1) is 6.92 Å². The molecule has 24 heavy (non-hydrogen) atoms. The molecule has 1 fully saturated rings. The van der Waals surface area contributed by atoms with Crippen LogP contribution in [0.15, 0.2) is 47.5 Å². The molecule has 3 rings (SSSR count). The van der Waals surface area contributed by atoms with Gasteiger partial charge in [-0.2, -0.15) is 0 Å². The normalized spacial score (nSPS) is 16.8. The minimum Gasteiger partial charge on any atom is -0.383 e. The van der Waals surface area contributed by atoms with E-state index in [9.17, 15) is 14.7 Å². The topological polar surface area (TPSA) is 75.4 Å². The number of carbonyl (C=O) groups is 1. The molecule has 1 aliphatic heterocycles. The molecule has 0 radical (unpaired) electrons. The van der Waals surface area contributed by atoms with Gasteiger partial charge in [-0.05, 0) is 37.5 Å². The van der Waals surface area contributed by atoms with Crippen LogP contribution in [0.5, 0.6) is 0 Å². The first-order chi connectivity index (χ1) is 11.5. The fourth-order valence-corrected chi connectivity index (χ4v) is 2.96. The molecule has 0 atom stereocenters. The molecule has 3 heterocycles. The van der Waals surface area contributed by atoms with E-state index in [0.29, 0.717) is 31.6 Å². The van der Waals surface area contributed by atoms with Crippen LogP contribution in [0.2, 0.25) is 0 Å². The van der Waals surface area contributed by atoms with Crippen molar-refractivity contribution in [3.63, 3.8) is 0 Å². The number of carbonyl (C=O) groups excluding carboxylic acids is 1. The highest BCUT2D eigenvalue weighted by Gasteiger charge is 2.36. The van der Waals surface area contributed by atoms with Gasteiger partial charge < -0.3 is 14.6 Å². The molecule has 0 saturated carbocycles. The summed E-state index contributed by atoms with van der Waals surface area (Å²) in [5.74, 6) is -0.109. The number of piperidine rings is 1. The SMILES string of the molecule is Cc1ccc(C2(O)CCN(C(=O)Cn3ccccc3=O)CC2)nc1. The van der Waals surface area contributed by atoms with Crippen LogP contribution in [-0.2, 0) is 16.9 Å². The standard InChI is InChI=1S/C18H21N3O3/c1-14-5-6-15(19-12-14)18(24)7-10-20(11-8-18)17(23)13-21-9-3-2-4-16(21)22/h2-6,9,12,24H,7-8,10-11,13H2,1H3. The molecule has 2 aromatic heterocycles. The van der Waals surface area contributed by atoms with Crippen LogP contribution in [0.3, 0.4) is 0 Å². The van der Waals surface area contributed by atoms with Gasteiger partial charge in [-0.25, -0.2) is 0 Å². The highest BCUT2D eigenvalue weighted by atomic mass is 16.3. The Bertz CT molecular complexity index is 775. The second-order valence-corrected chi connectivity index (χ2v) is 6.30. The molecule has 2 aromatic rings. The van der Waals surface area contributed by atoms with E-state index in [2.05, 4.69) is 4.98 Å². The van der Waals surface area contributed by atoms with E-state index in [1.807, 2.05) is 19.1 Å². The Labute approximate surface area is 140 Å². The number of pyridine rings is 2. The molecule has 1 saturated heterocycles. The van der Waals surface area contributed by atoms with Crippen molar-refractivity contribution < 1.29 is 9.90 Å². The number of hydrogen-bond donors (Lipinski definition) is 1. The van der Waals surface area contributed by atoms with Crippen molar-refractivity contribution in [3.05, 3.63) is 64.3 Å². The summed E-state index contributed by atoms with van der Waals surface area (Å²) in [5, 5.41) is 10.8. The molecule has 126 valence electrons. The highest BCUT2D eigenvalue weighted by Crippen LogP contribution is 2.31. The predicted octanol–water partition coefficient (Wildman–Crippen LogP) is 1.06. The lowest BCUT2D eigenvalue weighted by molar-refractivity contribution is -0.136. The fraction of sp³-hybridized carbons (Fsp3) is 0.389. The van der Waals surface area contributed by atoms with E-state index in [1.165, 1.54) is 10.6 Å². The smallest absolute Gasteiger partial charge is 0.250 e. The summed E-state index contributed by atoms with van der Waals surface area (Å²) in [6.45, 7) is 2.88. The fourth-order valence-electron chi connectivity index (χ4n) is 2.96. The van der Waals surface area contributed by atoms with Crippen LogP contribution < -0.4 is 5.56 Å². The van der Waals surface area contributed by atoms with Crippen LogP contribution in [-0.4, -0.2) is 38.6 Å². The van der Waals surface area contributed by atoms with E-state index in [4.69, 9.17) is 0 Å². The van der Waals surface area contributed by atoms with Gasteiger partial charge in [0.2, 0.25) is 5.91 Å². The molecular formula is C18H21N3O3. The zero-order chi connectivity index (χ0) is 17.2. The molecule has 0 bridgehead atoms. The van der Waals surface area contributed by atoms with E-state index < -0.39 is 5.60 Å². The summed E-state index contributed by atoms with van der Waals surface area (Å²) in [4.78, 5) is 30.1. The first-order valence-corrected chi connectivity index (χ1v) is 8.07. The van der Waals surface area contributed by atoms with Crippen molar-refractivity contribution in [1.82, 2.24) is 14.5 Å². The molecule has 0 unspecified atom stereocenters. The second kappa shape index (κ2) is 6.57. The molecule has 1 amide bonds.